The Labute approximate surface area is 30.9 Å². The van der Waals surface area contributed by atoms with Crippen molar-refractivity contribution in [3.05, 3.63) is 0 Å². The molecule has 0 amide bonds. The van der Waals surface area contributed by atoms with Crippen LogP contribution in [0.3, 0.4) is 0 Å². The maximum atomic E-state index is 0. The highest BCUT2D eigenvalue weighted by atomic mass is 19.0. The number of halogens is 1. The minimum absolute atomic E-state index is 0. The Hall–Kier alpha value is -0.125. The highest BCUT2D eigenvalue weighted by Gasteiger charge is 0.0000111. The summed E-state index contributed by atoms with van der Waals surface area (Å²) in [6.45, 7) is 0. The van der Waals surface area contributed by atoms with Crippen LogP contribution >= 0.6 is 0 Å². The second kappa shape index (κ2) is 2050. The number of rotatable bonds is 0. The molecule has 0 saturated heterocycles. The van der Waals surface area contributed by atoms with Gasteiger partial charge < -0.3 is 16.4 Å². The Morgan fingerprint density at radius 2 is 0.600 bits per heavy atom. The highest BCUT2D eigenvalue weighted by Crippen LogP contribution is 0.420. The molecule has 3 radical (unpaired) electrons. The van der Waals surface area contributed by atoms with Crippen LogP contribution in [0.25, 0.3) is 0 Å². The van der Waals surface area contributed by atoms with Gasteiger partial charge in [-0.05, 0) is 0 Å². The maximum Gasteiger partial charge on any atom is 0 e. The first-order valence-electron chi connectivity index (χ1n) is 0. The van der Waals surface area contributed by atoms with E-state index in [1.54, 1.807) is 0 Å². The second-order valence-electron chi connectivity index (χ2n) is 0. The fourth-order valence-corrected chi connectivity index (χ4v) is 0. The van der Waals surface area contributed by atoms with Crippen molar-refractivity contribution in [1.82, 2.24) is 0 Å². The van der Waals surface area contributed by atoms with E-state index in [4.69, 9.17) is 0 Å². The first-order valence-corrected chi connectivity index (χ1v) is 0. The van der Waals surface area contributed by atoms with E-state index < -0.39 is 0 Å². The summed E-state index contributed by atoms with van der Waals surface area (Å²) in [6, 6.07) is 0. The van der Waals surface area contributed by atoms with Gasteiger partial charge in [-0.3, -0.25) is 4.70 Å². The Morgan fingerprint density at radius 1 is 0.600 bits per heavy atom. The van der Waals surface area contributed by atoms with Crippen molar-refractivity contribution in [3.63, 3.8) is 0 Å². The Bertz CT molecular complexity index is 6.85. The molecule has 0 fully saturated rings. The first kappa shape index (κ1) is 4680. The van der Waals surface area contributed by atoms with Crippen LogP contribution in [0.5, 0.6) is 0 Å². The minimum atomic E-state index is 0. The molecule has 5 heteroatoms. The highest BCUT2D eigenvalue weighted by molar-refractivity contribution is 5.75. The molecule has 0 aliphatic rings. The lowest BCUT2D eigenvalue weighted by atomic mass is 10.8. The van der Waals surface area contributed by atoms with Crippen LogP contribution in [0.1, 0.15) is 0 Å². The smallest absolute Gasteiger partial charge is 0 e. The molecule has 0 aliphatic heterocycles. The summed E-state index contributed by atoms with van der Waals surface area (Å²) in [5.74, 6) is 0. The Kier molecular flexibility index (Phi) is 1920000. The van der Waals surface area contributed by atoms with Gasteiger partial charge in [0.05, 0.1) is 0 Å². The van der Waals surface area contributed by atoms with Crippen molar-refractivity contribution in [2.75, 3.05) is 0 Å². The van der Waals surface area contributed by atoms with Crippen molar-refractivity contribution < 1.29 is 21.1 Å². The van der Waals surface area contributed by atoms with Gasteiger partial charge in [-0.1, -0.05) is 0 Å². The van der Waals surface area contributed by atoms with Crippen LogP contribution in [-0.2, 0) is 0 Å². The van der Waals surface area contributed by atoms with Crippen LogP contribution in [0.4, 0.5) is 4.70 Å². The van der Waals surface area contributed by atoms with Gasteiger partial charge in [0.15, 0.2) is 0 Å². The monoisotopic (exact) mass is 85.0 g/mol. The average molecular weight is 84.9 g/mol. The van der Waals surface area contributed by atoms with Crippen molar-refractivity contribution in [1.29, 1.82) is 0 Å². The normalized spacial score (nSPS) is 0. The molecular weight excluding hydrogens is 77.8 g/mol. The SMILES string of the molecule is F.O.O.O.[B]. The quantitative estimate of drug-likeness (QED) is 0.286. The average Bonchev–Trinajstić information content (AvgIpc) is 0. The zero-order valence-corrected chi connectivity index (χ0v) is 2.49. The third-order valence-corrected chi connectivity index (χ3v) is 0. The van der Waals surface area contributed by atoms with Crippen molar-refractivity contribution in [2.45, 2.75) is 0 Å². The van der Waals surface area contributed by atoms with Gasteiger partial charge in [0.1, 0.15) is 0 Å². The molecule has 6 N–H and O–H groups in total. The zero-order valence-electron chi connectivity index (χ0n) is 2.49. The second-order valence-corrected chi connectivity index (χ2v) is 0. The number of hydrogen-bond acceptors (Lipinski definition) is 0. The molecule has 0 aromatic rings. The van der Waals surface area contributed by atoms with Gasteiger partial charge in [0.2, 0.25) is 0 Å². The van der Waals surface area contributed by atoms with E-state index in [1.165, 1.54) is 0 Å². The molecule has 0 saturated carbocycles. The summed E-state index contributed by atoms with van der Waals surface area (Å²) in [5, 5.41) is 0. The van der Waals surface area contributed by atoms with Crippen LogP contribution in [0.15, 0.2) is 0 Å². The summed E-state index contributed by atoms with van der Waals surface area (Å²) in [6.07, 6.45) is 0. The van der Waals surface area contributed by atoms with E-state index in [-0.39, 0.29) is 29.5 Å². The molecule has 0 aromatic carbocycles. The van der Waals surface area contributed by atoms with Crippen LogP contribution < -0.4 is 0 Å². The van der Waals surface area contributed by atoms with Gasteiger partial charge in [0, 0.05) is 8.41 Å². The molecule has 35 valence electrons. The summed E-state index contributed by atoms with van der Waals surface area (Å²) in [5.41, 5.74) is 0. The standard InChI is InChI=1S/B.FH.3H2O/h;1H;3*1H2. The molecule has 0 spiro atoms. The van der Waals surface area contributed by atoms with Crippen LogP contribution in [0, 0.1) is 0 Å². The van der Waals surface area contributed by atoms with Crippen LogP contribution in [-0.4, -0.2) is 24.8 Å². The fourth-order valence-electron chi connectivity index (χ4n) is 0. The van der Waals surface area contributed by atoms with Gasteiger partial charge in [-0.15, -0.1) is 0 Å². The van der Waals surface area contributed by atoms with Crippen molar-refractivity contribution >= 4 is 8.41 Å². The molecule has 0 unspecified atom stereocenters. The molecule has 0 heterocycles. The minimum Gasteiger partial charge on any atom is -0.412 e. The molecule has 0 aromatic heterocycles. The topological polar surface area (TPSA) is 94.5 Å². The van der Waals surface area contributed by atoms with E-state index in [0.29, 0.717) is 0 Å². The van der Waals surface area contributed by atoms with Crippen molar-refractivity contribution in [3.8, 4) is 0 Å². The van der Waals surface area contributed by atoms with Gasteiger partial charge in [-0.2, -0.15) is 0 Å². The molecule has 0 atom stereocenters. The van der Waals surface area contributed by atoms with E-state index >= 15 is 0 Å². The molecule has 0 aliphatic carbocycles. The summed E-state index contributed by atoms with van der Waals surface area (Å²) < 4.78 is 0. The predicted octanol–water partition coefficient (Wildman–Crippen LogP) is -2.70. The molecule has 0 bridgehead atoms. The molecule has 5 heavy (non-hydrogen) atoms. The third kappa shape index (κ3) is 871. The zero-order chi connectivity index (χ0) is 0. The first-order chi connectivity index (χ1) is 0. The maximum absolute atomic E-state index is 0. The van der Waals surface area contributed by atoms with Crippen molar-refractivity contribution in [2.24, 2.45) is 0 Å². The molecule has 3 nitrogen and oxygen atoms in total. The summed E-state index contributed by atoms with van der Waals surface area (Å²) >= 11 is 0. The van der Waals surface area contributed by atoms with Gasteiger partial charge >= 0.3 is 0 Å². The lowest BCUT2D eigenvalue weighted by Crippen LogP contribution is -0.381. The summed E-state index contributed by atoms with van der Waals surface area (Å²) in [7, 11) is 0. The van der Waals surface area contributed by atoms with E-state index in [1.807, 2.05) is 0 Å². The fraction of sp³-hybridized carbons (Fsp3) is 0. The van der Waals surface area contributed by atoms with Gasteiger partial charge in [-0.25, -0.2) is 0 Å². The largest absolute Gasteiger partial charge is 0.412 e. The molecular formula is H7BFO3. The van der Waals surface area contributed by atoms with Crippen LogP contribution in [0.2, 0.25) is 0 Å². The lowest BCUT2D eigenvalue weighted by Gasteiger charge is -0.413. The summed E-state index contributed by atoms with van der Waals surface area (Å²) in [4.78, 5) is 0. The van der Waals surface area contributed by atoms with E-state index in [0.717, 1.165) is 0 Å². The molecule has 0 rings (SSSR count). The van der Waals surface area contributed by atoms with E-state index in [9.17, 15) is 0 Å². The lowest BCUT2D eigenvalue weighted by molar-refractivity contribution is 0.823. The Morgan fingerprint density at radius 3 is 0.600 bits per heavy atom. The predicted molar refractivity (Wildman–Crippen MR) is 19.1 cm³/mol. The van der Waals surface area contributed by atoms with E-state index in [2.05, 4.69) is 0 Å². The number of hydrogen-bond donors (Lipinski definition) is 0. The van der Waals surface area contributed by atoms with Gasteiger partial charge in [0.25, 0.3) is 0 Å². The third-order valence-electron chi connectivity index (χ3n) is 0. The Balaban J connectivity index is 0.